The van der Waals surface area contributed by atoms with E-state index in [0.29, 0.717) is 11.7 Å². The van der Waals surface area contributed by atoms with Crippen LogP contribution in [0.3, 0.4) is 0 Å². The number of hydrogen-bond acceptors (Lipinski definition) is 2. The largest absolute Gasteiger partial charge is 0.508 e. The van der Waals surface area contributed by atoms with Gasteiger partial charge in [0.15, 0.2) is 0 Å². The number of rotatable bonds is 2. The van der Waals surface area contributed by atoms with Gasteiger partial charge in [-0.3, -0.25) is 4.79 Å². The van der Waals surface area contributed by atoms with Gasteiger partial charge in [-0.1, -0.05) is 32.9 Å². The lowest BCUT2D eigenvalue weighted by atomic mass is 9.67. The van der Waals surface area contributed by atoms with Gasteiger partial charge in [0.05, 0.1) is 0 Å². The molecule has 19 heavy (non-hydrogen) atoms. The Labute approximate surface area is 115 Å². The number of ketones is 1. The van der Waals surface area contributed by atoms with Crippen LogP contribution in [0.5, 0.6) is 5.75 Å². The maximum absolute atomic E-state index is 12.1. The minimum atomic E-state index is 0.155. The summed E-state index contributed by atoms with van der Waals surface area (Å²) in [6.07, 6.45) is 3.58. The second-order valence-corrected chi connectivity index (χ2v) is 6.87. The highest BCUT2D eigenvalue weighted by Gasteiger charge is 2.34. The molecule has 1 aliphatic carbocycles. The first kappa shape index (κ1) is 14.1. The summed E-state index contributed by atoms with van der Waals surface area (Å²) in [5.41, 5.74) is 1.43. The lowest BCUT2D eigenvalue weighted by Crippen LogP contribution is -2.33. The molecule has 2 atom stereocenters. The van der Waals surface area contributed by atoms with Gasteiger partial charge in [-0.2, -0.15) is 0 Å². The molecule has 0 saturated heterocycles. The predicted octanol–water partition coefficient (Wildman–Crippen LogP) is 3.97. The second kappa shape index (κ2) is 5.36. The van der Waals surface area contributed by atoms with Crippen LogP contribution in [0.15, 0.2) is 24.3 Å². The van der Waals surface area contributed by atoms with E-state index in [0.717, 1.165) is 31.2 Å². The van der Waals surface area contributed by atoms with E-state index in [9.17, 15) is 9.90 Å². The van der Waals surface area contributed by atoms with Crippen molar-refractivity contribution in [2.24, 2.45) is 17.3 Å². The summed E-state index contributed by atoms with van der Waals surface area (Å²) >= 11 is 0. The zero-order valence-corrected chi connectivity index (χ0v) is 12.1. The molecule has 1 aromatic carbocycles. The maximum atomic E-state index is 12.1. The average Bonchev–Trinajstić information content (AvgIpc) is 2.33. The van der Waals surface area contributed by atoms with Crippen molar-refractivity contribution in [3.05, 3.63) is 29.8 Å². The first-order chi connectivity index (χ1) is 8.86. The molecule has 0 heterocycles. The van der Waals surface area contributed by atoms with Crippen molar-refractivity contribution in [3.8, 4) is 5.75 Å². The van der Waals surface area contributed by atoms with E-state index in [2.05, 4.69) is 20.8 Å². The van der Waals surface area contributed by atoms with E-state index >= 15 is 0 Å². The number of phenols is 1. The standard InChI is InChI=1S/C17H24O2/c1-17(2,3)14-6-9-16(19)13(11-14)10-12-4-7-15(18)8-5-12/h4-5,7-8,13-14,18H,6,9-11H2,1-3H3. The van der Waals surface area contributed by atoms with Gasteiger partial charge in [0.25, 0.3) is 0 Å². The maximum Gasteiger partial charge on any atom is 0.136 e. The quantitative estimate of drug-likeness (QED) is 0.873. The highest BCUT2D eigenvalue weighted by Crippen LogP contribution is 2.39. The molecule has 0 aliphatic heterocycles. The van der Waals surface area contributed by atoms with Crippen molar-refractivity contribution in [1.29, 1.82) is 0 Å². The van der Waals surface area contributed by atoms with Crippen LogP contribution >= 0.6 is 0 Å². The minimum Gasteiger partial charge on any atom is -0.508 e. The van der Waals surface area contributed by atoms with Crippen molar-refractivity contribution >= 4 is 5.78 Å². The highest BCUT2D eigenvalue weighted by molar-refractivity contribution is 5.82. The third kappa shape index (κ3) is 3.59. The molecule has 2 nitrogen and oxygen atoms in total. The van der Waals surface area contributed by atoms with Gasteiger partial charge in [-0.15, -0.1) is 0 Å². The zero-order valence-electron chi connectivity index (χ0n) is 12.1. The zero-order chi connectivity index (χ0) is 14.0. The van der Waals surface area contributed by atoms with E-state index in [-0.39, 0.29) is 17.1 Å². The molecule has 0 bridgehead atoms. The first-order valence-corrected chi connectivity index (χ1v) is 7.17. The molecule has 0 spiro atoms. The Morgan fingerprint density at radius 1 is 1.21 bits per heavy atom. The van der Waals surface area contributed by atoms with Gasteiger partial charge in [-0.25, -0.2) is 0 Å². The Morgan fingerprint density at radius 3 is 2.42 bits per heavy atom. The van der Waals surface area contributed by atoms with Crippen LogP contribution in [0.4, 0.5) is 0 Å². The van der Waals surface area contributed by atoms with Crippen molar-refractivity contribution in [3.63, 3.8) is 0 Å². The smallest absolute Gasteiger partial charge is 0.136 e. The SMILES string of the molecule is CC(C)(C)C1CCC(=O)C(Cc2ccc(O)cc2)C1. The predicted molar refractivity (Wildman–Crippen MR) is 77.1 cm³/mol. The molecule has 104 valence electrons. The normalized spacial score (nSPS) is 24.5. The van der Waals surface area contributed by atoms with Gasteiger partial charge in [0.1, 0.15) is 11.5 Å². The van der Waals surface area contributed by atoms with Crippen LogP contribution in [-0.4, -0.2) is 10.9 Å². The summed E-state index contributed by atoms with van der Waals surface area (Å²) in [6, 6.07) is 7.24. The summed E-state index contributed by atoms with van der Waals surface area (Å²) in [7, 11) is 0. The van der Waals surface area contributed by atoms with E-state index in [1.54, 1.807) is 12.1 Å². The monoisotopic (exact) mass is 260 g/mol. The third-order valence-electron chi connectivity index (χ3n) is 4.41. The lowest BCUT2D eigenvalue weighted by molar-refractivity contribution is -0.126. The van der Waals surface area contributed by atoms with Gasteiger partial charge in [0.2, 0.25) is 0 Å². The molecular weight excluding hydrogens is 236 g/mol. The lowest BCUT2D eigenvalue weighted by Gasteiger charge is -2.37. The number of carbonyl (C=O) groups excluding carboxylic acids is 1. The number of benzene rings is 1. The first-order valence-electron chi connectivity index (χ1n) is 7.17. The van der Waals surface area contributed by atoms with E-state index in [1.807, 2.05) is 12.1 Å². The van der Waals surface area contributed by atoms with E-state index in [1.165, 1.54) is 0 Å². The fourth-order valence-electron chi connectivity index (χ4n) is 3.01. The fraction of sp³-hybridized carbons (Fsp3) is 0.588. The van der Waals surface area contributed by atoms with Crippen LogP contribution in [-0.2, 0) is 11.2 Å². The van der Waals surface area contributed by atoms with Crippen LogP contribution < -0.4 is 0 Å². The molecule has 1 saturated carbocycles. The molecule has 1 N–H and O–H groups in total. The number of aromatic hydroxyl groups is 1. The molecule has 1 aromatic rings. The molecule has 1 aliphatic rings. The summed E-state index contributed by atoms with van der Waals surface area (Å²) in [4.78, 5) is 12.1. The summed E-state index contributed by atoms with van der Waals surface area (Å²) < 4.78 is 0. The summed E-state index contributed by atoms with van der Waals surface area (Å²) in [6.45, 7) is 6.81. The van der Waals surface area contributed by atoms with Crippen molar-refractivity contribution in [2.45, 2.75) is 46.5 Å². The molecule has 0 aromatic heterocycles. The van der Waals surface area contributed by atoms with Gasteiger partial charge in [0, 0.05) is 12.3 Å². The van der Waals surface area contributed by atoms with E-state index < -0.39 is 0 Å². The van der Waals surface area contributed by atoms with Crippen molar-refractivity contribution in [2.75, 3.05) is 0 Å². The van der Waals surface area contributed by atoms with Gasteiger partial charge < -0.3 is 5.11 Å². The van der Waals surface area contributed by atoms with Crippen LogP contribution in [0.2, 0.25) is 0 Å². The molecule has 2 heteroatoms. The molecule has 0 radical (unpaired) electrons. The number of hydrogen-bond donors (Lipinski definition) is 1. The second-order valence-electron chi connectivity index (χ2n) is 6.87. The number of phenolic OH excluding ortho intramolecular Hbond substituents is 1. The van der Waals surface area contributed by atoms with Crippen molar-refractivity contribution in [1.82, 2.24) is 0 Å². The Hall–Kier alpha value is -1.31. The fourth-order valence-corrected chi connectivity index (χ4v) is 3.01. The Kier molecular flexibility index (Phi) is 3.98. The highest BCUT2D eigenvalue weighted by atomic mass is 16.3. The third-order valence-corrected chi connectivity index (χ3v) is 4.41. The summed E-state index contributed by atoms with van der Waals surface area (Å²) in [5.74, 6) is 1.48. The molecule has 0 amide bonds. The minimum absolute atomic E-state index is 0.155. The average molecular weight is 260 g/mol. The molecule has 2 rings (SSSR count). The number of Topliss-reactive ketones (excluding diaryl/α,β-unsaturated/α-hetero) is 1. The Bertz CT molecular complexity index is 439. The van der Waals surface area contributed by atoms with Gasteiger partial charge in [-0.05, 0) is 48.3 Å². The van der Waals surface area contributed by atoms with E-state index in [4.69, 9.17) is 0 Å². The Balaban J connectivity index is 2.05. The van der Waals surface area contributed by atoms with Crippen LogP contribution in [0.1, 0.15) is 45.6 Å². The Morgan fingerprint density at radius 2 is 1.84 bits per heavy atom. The molecular formula is C17H24O2. The summed E-state index contributed by atoms with van der Waals surface area (Å²) in [5, 5.41) is 9.30. The van der Waals surface area contributed by atoms with Gasteiger partial charge >= 0.3 is 0 Å². The van der Waals surface area contributed by atoms with Crippen LogP contribution in [0.25, 0.3) is 0 Å². The topological polar surface area (TPSA) is 37.3 Å². The number of carbonyl (C=O) groups is 1. The van der Waals surface area contributed by atoms with Crippen molar-refractivity contribution < 1.29 is 9.90 Å². The van der Waals surface area contributed by atoms with Crippen LogP contribution in [0, 0.1) is 17.3 Å². The molecule has 1 fully saturated rings. The molecule has 2 unspecified atom stereocenters.